The monoisotopic (exact) mass is 255 g/mol. The number of halogens is 1. The molecule has 1 aromatic heterocycles. The average molecular weight is 256 g/mol. The number of rotatable bonds is 3. The summed E-state index contributed by atoms with van der Waals surface area (Å²) in [7, 11) is 0. The van der Waals surface area contributed by atoms with Crippen LogP contribution in [0.5, 0.6) is 0 Å². The van der Waals surface area contributed by atoms with Gasteiger partial charge in [-0.05, 0) is 17.7 Å². The van der Waals surface area contributed by atoms with E-state index < -0.39 is 0 Å². The first-order chi connectivity index (χ1) is 7.28. The summed E-state index contributed by atoms with van der Waals surface area (Å²) in [5, 5.41) is 3.94. The highest BCUT2D eigenvalue weighted by Gasteiger charge is 2.02. The molecule has 0 spiro atoms. The highest BCUT2D eigenvalue weighted by molar-refractivity contribution is 7.79. The zero-order chi connectivity index (χ0) is 10.7. The third-order valence-electron chi connectivity index (χ3n) is 2.01. The fraction of sp³-hybridized carbons (Fsp3) is 0.182. The fourth-order valence-electron chi connectivity index (χ4n) is 1.32. The predicted molar refractivity (Wildman–Crippen MR) is 69.1 cm³/mol. The number of hydrogen-bond donors (Lipinski definition) is 1. The summed E-state index contributed by atoms with van der Waals surface area (Å²) in [5.74, 6) is 0.700. The van der Waals surface area contributed by atoms with E-state index in [4.69, 9.17) is 11.6 Å². The maximum Gasteiger partial charge on any atom is 0.0972 e. The largest absolute Gasteiger partial charge is 0.245 e. The van der Waals surface area contributed by atoms with Gasteiger partial charge in [0.25, 0.3) is 0 Å². The number of benzene rings is 1. The van der Waals surface area contributed by atoms with Gasteiger partial charge in [0.2, 0.25) is 0 Å². The van der Waals surface area contributed by atoms with Crippen molar-refractivity contribution in [1.29, 1.82) is 0 Å². The van der Waals surface area contributed by atoms with E-state index in [0.29, 0.717) is 5.75 Å². The molecule has 0 saturated heterocycles. The minimum absolute atomic E-state index is 0.700. The van der Waals surface area contributed by atoms with E-state index in [1.165, 1.54) is 5.56 Å². The third kappa shape index (κ3) is 2.97. The molecule has 1 heterocycles. The SMILES string of the molecule is SCc1csc(Cc2cccc(Cl)c2)n1. The van der Waals surface area contributed by atoms with Crippen molar-refractivity contribution in [1.82, 2.24) is 4.98 Å². The topological polar surface area (TPSA) is 12.9 Å². The second-order valence-corrected chi connectivity index (χ2v) is 4.89. The van der Waals surface area contributed by atoms with Gasteiger partial charge in [-0.3, -0.25) is 0 Å². The molecule has 15 heavy (non-hydrogen) atoms. The summed E-state index contributed by atoms with van der Waals surface area (Å²) < 4.78 is 0. The number of nitrogens with zero attached hydrogens (tertiary/aromatic N) is 1. The van der Waals surface area contributed by atoms with Gasteiger partial charge >= 0.3 is 0 Å². The van der Waals surface area contributed by atoms with E-state index in [9.17, 15) is 0 Å². The lowest BCUT2D eigenvalue weighted by Crippen LogP contribution is -1.87. The molecule has 0 atom stereocenters. The van der Waals surface area contributed by atoms with E-state index in [-0.39, 0.29) is 0 Å². The fourth-order valence-corrected chi connectivity index (χ4v) is 2.65. The first kappa shape index (κ1) is 11.0. The zero-order valence-electron chi connectivity index (χ0n) is 7.98. The van der Waals surface area contributed by atoms with Crippen LogP contribution in [0.2, 0.25) is 5.02 Å². The molecule has 2 aromatic rings. The Bertz CT molecular complexity index is 453. The summed E-state index contributed by atoms with van der Waals surface area (Å²) in [5.41, 5.74) is 2.24. The number of thiol groups is 1. The van der Waals surface area contributed by atoms with Crippen LogP contribution in [0.25, 0.3) is 0 Å². The average Bonchev–Trinajstić information content (AvgIpc) is 2.65. The van der Waals surface area contributed by atoms with Gasteiger partial charge in [-0.15, -0.1) is 11.3 Å². The number of aromatic nitrogens is 1. The van der Waals surface area contributed by atoms with Crippen LogP contribution in [0, 0.1) is 0 Å². The maximum absolute atomic E-state index is 5.91. The molecule has 0 saturated carbocycles. The molecule has 0 N–H and O–H groups in total. The Morgan fingerprint density at radius 3 is 2.93 bits per heavy atom. The third-order valence-corrected chi connectivity index (χ3v) is 3.46. The molecule has 0 aliphatic rings. The molecular weight excluding hydrogens is 246 g/mol. The van der Waals surface area contributed by atoms with Crippen LogP contribution in [0.15, 0.2) is 29.6 Å². The van der Waals surface area contributed by atoms with E-state index >= 15 is 0 Å². The van der Waals surface area contributed by atoms with Gasteiger partial charge in [-0.25, -0.2) is 4.98 Å². The lowest BCUT2D eigenvalue weighted by molar-refractivity contribution is 1.10. The first-order valence-electron chi connectivity index (χ1n) is 4.56. The summed E-state index contributed by atoms with van der Waals surface area (Å²) in [6.07, 6.45) is 0.846. The minimum Gasteiger partial charge on any atom is -0.245 e. The quantitative estimate of drug-likeness (QED) is 0.823. The summed E-state index contributed by atoms with van der Waals surface area (Å²) in [4.78, 5) is 4.45. The van der Waals surface area contributed by atoms with Crippen molar-refractivity contribution in [3.8, 4) is 0 Å². The van der Waals surface area contributed by atoms with Crippen molar-refractivity contribution in [2.24, 2.45) is 0 Å². The van der Waals surface area contributed by atoms with Gasteiger partial charge in [-0.2, -0.15) is 12.6 Å². The zero-order valence-corrected chi connectivity index (χ0v) is 10.4. The number of thiazole rings is 1. The number of hydrogen-bond acceptors (Lipinski definition) is 3. The van der Waals surface area contributed by atoms with Crippen LogP contribution in [-0.2, 0) is 12.2 Å². The first-order valence-corrected chi connectivity index (χ1v) is 6.45. The Morgan fingerprint density at radius 2 is 2.27 bits per heavy atom. The molecule has 2 rings (SSSR count). The van der Waals surface area contributed by atoms with Crippen molar-refractivity contribution in [2.45, 2.75) is 12.2 Å². The van der Waals surface area contributed by atoms with E-state index in [2.05, 4.69) is 23.7 Å². The molecule has 0 amide bonds. The summed E-state index contributed by atoms with van der Waals surface area (Å²) in [6.45, 7) is 0. The van der Waals surface area contributed by atoms with Crippen molar-refractivity contribution in [2.75, 3.05) is 0 Å². The van der Waals surface area contributed by atoms with Crippen molar-refractivity contribution in [3.63, 3.8) is 0 Å². The van der Waals surface area contributed by atoms with E-state index in [0.717, 1.165) is 22.1 Å². The van der Waals surface area contributed by atoms with Crippen LogP contribution in [0.3, 0.4) is 0 Å². The second-order valence-electron chi connectivity index (χ2n) is 3.20. The smallest absolute Gasteiger partial charge is 0.0972 e. The predicted octanol–water partition coefficient (Wildman–Crippen LogP) is 3.82. The standard InChI is InChI=1S/C11H10ClNS2/c12-9-3-1-2-8(4-9)5-11-13-10(6-14)7-15-11/h1-4,7,14H,5-6H2. The molecule has 0 aliphatic heterocycles. The molecular formula is C11H10ClNS2. The summed E-state index contributed by atoms with van der Waals surface area (Å²) >= 11 is 11.8. The van der Waals surface area contributed by atoms with Gasteiger partial charge < -0.3 is 0 Å². The molecule has 1 nitrogen and oxygen atoms in total. The molecule has 78 valence electrons. The molecule has 0 fully saturated rings. The van der Waals surface area contributed by atoms with Crippen molar-refractivity contribution < 1.29 is 0 Å². The Hall–Kier alpha value is -0.510. The Labute approximate surface area is 104 Å². The van der Waals surface area contributed by atoms with E-state index in [1.54, 1.807) is 11.3 Å². The second kappa shape index (κ2) is 5.01. The molecule has 0 radical (unpaired) electrons. The molecule has 0 aliphatic carbocycles. The van der Waals surface area contributed by atoms with Gasteiger partial charge in [0.1, 0.15) is 0 Å². The van der Waals surface area contributed by atoms with Crippen LogP contribution < -0.4 is 0 Å². The highest BCUT2D eigenvalue weighted by atomic mass is 35.5. The molecule has 0 bridgehead atoms. The Balaban J connectivity index is 2.14. The highest BCUT2D eigenvalue weighted by Crippen LogP contribution is 2.18. The van der Waals surface area contributed by atoms with Gasteiger partial charge in [0, 0.05) is 22.6 Å². The van der Waals surface area contributed by atoms with Crippen LogP contribution in [0.4, 0.5) is 0 Å². The lowest BCUT2D eigenvalue weighted by atomic mass is 10.2. The minimum atomic E-state index is 0.700. The molecule has 1 aromatic carbocycles. The van der Waals surface area contributed by atoms with Crippen LogP contribution in [0.1, 0.15) is 16.3 Å². The van der Waals surface area contributed by atoms with Gasteiger partial charge in [0.15, 0.2) is 0 Å². The normalized spacial score (nSPS) is 10.5. The van der Waals surface area contributed by atoms with Crippen molar-refractivity contribution >= 4 is 35.6 Å². The Kier molecular flexibility index (Phi) is 3.67. The van der Waals surface area contributed by atoms with E-state index in [1.807, 2.05) is 23.6 Å². The summed E-state index contributed by atoms with van der Waals surface area (Å²) in [6, 6.07) is 7.88. The molecule has 4 heteroatoms. The van der Waals surface area contributed by atoms with Gasteiger partial charge in [0.05, 0.1) is 10.7 Å². The van der Waals surface area contributed by atoms with Crippen LogP contribution >= 0.6 is 35.6 Å². The van der Waals surface area contributed by atoms with Crippen LogP contribution in [-0.4, -0.2) is 4.98 Å². The Morgan fingerprint density at radius 1 is 1.40 bits per heavy atom. The van der Waals surface area contributed by atoms with Gasteiger partial charge in [-0.1, -0.05) is 23.7 Å². The molecule has 0 unspecified atom stereocenters. The van der Waals surface area contributed by atoms with Crippen molar-refractivity contribution in [3.05, 3.63) is 50.9 Å². The lowest BCUT2D eigenvalue weighted by Gasteiger charge is -1.98. The maximum atomic E-state index is 5.91.